The number of hydrogen-bond acceptors (Lipinski definition) is 4. The molecule has 2 aromatic rings. The van der Waals surface area contributed by atoms with Gasteiger partial charge in [-0.15, -0.1) is 0 Å². The number of imide groups is 1. The topological polar surface area (TPSA) is 63.4 Å². The highest BCUT2D eigenvalue weighted by Crippen LogP contribution is 2.22. The number of halogens is 2. The van der Waals surface area contributed by atoms with Crippen molar-refractivity contribution in [3.05, 3.63) is 41.2 Å². The van der Waals surface area contributed by atoms with Crippen LogP contribution in [0.5, 0.6) is 0 Å². The summed E-state index contributed by atoms with van der Waals surface area (Å²) in [7, 11) is 0. The Labute approximate surface area is 132 Å². The summed E-state index contributed by atoms with van der Waals surface area (Å²) in [6.07, 6.45) is 2.44. The third-order valence-electron chi connectivity index (χ3n) is 2.48. The molecule has 1 saturated heterocycles. The van der Waals surface area contributed by atoms with E-state index in [0.29, 0.717) is 12.8 Å². The van der Waals surface area contributed by atoms with E-state index in [4.69, 9.17) is 4.42 Å². The molecule has 20 heavy (non-hydrogen) atoms. The van der Waals surface area contributed by atoms with E-state index in [1.807, 2.05) is 30.3 Å². The highest BCUT2D eigenvalue weighted by Gasteiger charge is 2.26. The summed E-state index contributed by atoms with van der Waals surface area (Å²) in [5, 5.41) is 0. The first-order valence-corrected chi connectivity index (χ1v) is 7.26. The Morgan fingerprint density at radius 1 is 1.10 bits per heavy atom. The number of furan rings is 1. The highest BCUT2D eigenvalue weighted by molar-refractivity contribution is 9.10. The molecule has 0 aliphatic carbocycles. The largest absolute Gasteiger partial charge is 0.448 e. The van der Waals surface area contributed by atoms with Crippen LogP contribution in [0, 0.1) is 0 Å². The van der Waals surface area contributed by atoms with Crippen LogP contribution in [-0.4, -0.2) is 20.7 Å². The molecule has 104 valence electrons. The predicted octanol–water partition coefficient (Wildman–Crippen LogP) is 3.55. The summed E-state index contributed by atoms with van der Waals surface area (Å²) in [6, 6.07) is 9.45. The molecule has 0 radical (unpaired) electrons. The van der Waals surface area contributed by atoms with Crippen molar-refractivity contribution in [1.29, 1.82) is 0 Å². The Morgan fingerprint density at radius 3 is 2.20 bits per heavy atom. The van der Waals surface area contributed by atoms with E-state index in [-0.39, 0.29) is 11.8 Å². The zero-order valence-corrected chi connectivity index (χ0v) is 13.4. The van der Waals surface area contributed by atoms with E-state index in [1.165, 1.54) is 0 Å². The first-order valence-electron chi connectivity index (χ1n) is 5.76. The summed E-state index contributed by atoms with van der Waals surface area (Å²) < 4.78 is 7.03. The summed E-state index contributed by atoms with van der Waals surface area (Å²) in [6.45, 7) is 0. The number of pyridine rings is 1. The van der Waals surface area contributed by atoms with Crippen molar-refractivity contribution in [2.45, 2.75) is 12.8 Å². The van der Waals surface area contributed by atoms with Gasteiger partial charge in [0.2, 0.25) is 11.8 Å². The maximum Gasteiger partial charge on any atom is 0.239 e. The first-order chi connectivity index (χ1) is 9.58. The van der Waals surface area contributed by atoms with E-state index in [2.05, 4.69) is 37.1 Å². The van der Waals surface area contributed by atoms with Gasteiger partial charge >= 0.3 is 0 Å². The molecule has 0 N–H and O–H groups in total. The van der Waals surface area contributed by atoms with Crippen molar-refractivity contribution in [3.63, 3.8) is 0 Å². The standard InChI is InChI=1S/C9H6BrNO.C4H4BrNO2/c10-9-5-4-8(12-9)7-3-1-2-6-11-7;5-6-3(7)1-2-4(6)8/h1-6H;1-2H2. The van der Waals surface area contributed by atoms with E-state index in [0.717, 1.165) is 20.0 Å². The van der Waals surface area contributed by atoms with Gasteiger partial charge in [0.25, 0.3) is 0 Å². The minimum absolute atomic E-state index is 0.144. The minimum atomic E-state index is -0.144. The van der Waals surface area contributed by atoms with Gasteiger partial charge in [-0.25, -0.2) is 3.93 Å². The second-order valence-corrected chi connectivity index (χ2v) is 5.38. The molecule has 5 nitrogen and oxygen atoms in total. The van der Waals surface area contributed by atoms with Crippen LogP contribution in [0.4, 0.5) is 0 Å². The Hall–Kier alpha value is -1.47. The number of carbonyl (C=O) groups is 2. The molecule has 0 unspecified atom stereocenters. The molecule has 0 atom stereocenters. The SMILES string of the molecule is Brc1ccc(-c2ccccn2)o1.O=C1CCC(=O)N1Br. The zero-order valence-electron chi connectivity index (χ0n) is 10.3. The summed E-state index contributed by atoms with van der Waals surface area (Å²) in [4.78, 5) is 25.0. The van der Waals surface area contributed by atoms with Crippen LogP contribution in [-0.2, 0) is 9.59 Å². The Kier molecular flexibility index (Phi) is 5.08. The third-order valence-corrected chi connectivity index (χ3v) is 3.70. The van der Waals surface area contributed by atoms with Crippen LogP contribution >= 0.6 is 32.1 Å². The van der Waals surface area contributed by atoms with Crippen LogP contribution < -0.4 is 0 Å². The number of rotatable bonds is 1. The van der Waals surface area contributed by atoms with Crippen molar-refractivity contribution >= 4 is 43.9 Å². The average molecular weight is 402 g/mol. The van der Waals surface area contributed by atoms with Crippen molar-refractivity contribution in [3.8, 4) is 11.5 Å². The van der Waals surface area contributed by atoms with Crippen LogP contribution in [0.1, 0.15) is 12.8 Å². The van der Waals surface area contributed by atoms with Crippen LogP contribution in [0.3, 0.4) is 0 Å². The molecule has 7 heteroatoms. The molecule has 2 amide bonds. The average Bonchev–Trinajstić information content (AvgIpc) is 3.02. The lowest BCUT2D eigenvalue weighted by atomic mass is 10.3. The highest BCUT2D eigenvalue weighted by atomic mass is 79.9. The normalized spacial score (nSPS) is 14.2. The number of amides is 2. The fourth-order valence-corrected chi connectivity index (χ4v) is 2.17. The van der Waals surface area contributed by atoms with Gasteiger partial charge in [0.15, 0.2) is 10.4 Å². The van der Waals surface area contributed by atoms with Gasteiger partial charge in [-0.3, -0.25) is 14.6 Å². The Balaban J connectivity index is 0.000000160. The van der Waals surface area contributed by atoms with Crippen molar-refractivity contribution < 1.29 is 14.0 Å². The maximum atomic E-state index is 10.4. The van der Waals surface area contributed by atoms with E-state index in [1.54, 1.807) is 6.20 Å². The fourth-order valence-electron chi connectivity index (χ4n) is 1.51. The molecule has 0 saturated carbocycles. The Morgan fingerprint density at radius 2 is 1.80 bits per heavy atom. The molecule has 0 aromatic carbocycles. The van der Waals surface area contributed by atoms with Crippen LogP contribution in [0.2, 0.25) is 0 Å². The molecule has 1 fully saturated rings. The first kappa shape index (κ1) is 14.9. The summed E-state index contributed by atoms with van der Waals surface area (Å²) in [5.74, 6) is 0.493. The molecule has 1 aliphatic rings. The van der Waals surface area contributed by atoms with Crippen LogP contribution in [0.15, 0.2) is 45.6 Å². The van der Waals surface area contributed by atoms with Gasteiger partial charge in [0.05, 0.1) is 16.1 Å². The molecule has 0 spiro atoms. The van der Waals surface area contributed by atoms with Gasteiger partial charge in [0.1, 0.15) is 5.69 Å². The van der Waals surface area contributed by atoms with Gasteiger partial charge in [-0.05, 0) is 40.2 Å². The molecular formula is C13H10Br2N2O3. The maximum absolute atomic E-state index is 10.4. The number of hydrogen-bond donors (Lipinski definition) is 0. The second-order valence-electron chi connectivity index (χ2n) is 3.89. The molecule has 0 bridgehead atoms. The number of nitrogens with zero attached hydrogens (tertiary/aromatic N) is 2. The summed E-state index contributed by atoms with van der Waals surface area (Å²) >= 11 is 6.04. The molecule has 3 rings (SSSR count). The van der Waals surface area contributed by atoms with Crippen LogP contribution in [0.25, 0.3) is 11.5 Å². The fraction of sp³-hybridized carbons (Fsp3) is 0.154. The third kappa shape index (κ3) is 3.77. The van der Waals surface area contributed by atoms with E-state index >= 15 is 0 Å². The quantitative estimate of drug-likeness (QED) is 0.541. The smallest absolute Gasteiger partial charge is 0.239 e. The second kappa shape index (κ2) is 6.81. The lowest BCUT2D eigenvalue weighted by Gasteiger charge is -1.97. The lowest BCUT2D eigenvalue weighted by molar-refractivity contribution is -0.131. The monoisotopic (exact) mass is 400 g/mol. The lowest BCUT2D eigenvalue weighted by Crippen LogP contribution is -2.16. The van der Waals surface area contributed by atoms with Gasteiger partial charge in [-0.1, -0.05) is 6.07 Å². The van der Waals surface area contributed by atoms with Gasteiger partial charge < -0.3 is 4.42 Å². The molecule has 3 heterocycles. The molecule has 1 aliphatic heterocycles. The van der Waals surface area contributed by atoms with Crippen molar-refractivity contribution in [1.82, 2.24) is 8.91 Å². The number of aromatic nitrogens is 1. The van der Waals surface area contributed by atoms with Crippen molar-refractivity contribution in [2.75, 3.05) is 0 Å². The van der Waals surface area contributed by atoms with Gasteiger partial charge in [-0.2, -0.15) is 0 Å². The molecular weight excluding hydrogens is 392 g/mol. The number of carbonyl (C=O) groups excluding carboxylic acids is 2. The molecule has 2 aromatic heterocycles. The summed E-state index contributed by atoms with van der Waals surface area (Å²) in [5.41, 5.74) is 0.850. The van der Waals surface area contributed by atoms with Gasteiger partial charge in [0, 0.05) is 19.0 Å². The van der Waals surface area contributed by atoms with E-state index < -0.39 is 0 Å². The zero-order chi connectivity index (χ0) is 14.5. The van der Waals surface area contributed by atoms with E-state index in [9.17, 15) is 9.59 Å². The van der Waals surface area contributed by atoms with Crippen molar-refractivity contribution in [2.24, 2.45) is 0 Å². The predicted molar refractivity (Wildman–Crippen MR) is 79.7 cm³/mol. The minimum Gasteiger partial charge on any atom is -0.448 e. The Bertz CT molecular complexity index is 597.